The topological polar surface area (TPSA) is 67.9 Å². The lowest BCUT2D eigenvalue weighted by Gasteiger charge is -2.55. The van der Waals surface area contributed by atoms with Crippen molar-refractivity contribution in [1.82, 2.24) is 5.32 Å². The van der Waals surface area contributed by atoms with E-state index < -0.39 is 0 Å². The summed E-state index contributed by atoms with van der Waals surface area (Å²) in [4.78, 5) is 29.5. The predicted octanol–water partition coefficient (Wildman–Crippen LogP) is 4.78. The van der Waals surface area contributed by atoms with Crippen LogP contribution in [-0.2, 0) is 16.1 Å². The van der Waals surface area contributed by atoms with Crippen molar-refractivity contribution in [3.8, 4) is 11.5 Å². The molecule has 4 saturated carbocycles. The van der Waals surface area contributed by atoms with Crippen LogP contribution in [0.2, 0.25) is 0 Å². The first kappa shape index (κ1) is 22.0. The van der Waals surface area contributed by atoms with Gasteiger partial charge in [-0.1, -0.05) is 6.07 Å². The minimum atomic E-state index is -0.176. The summed E-state index contributed by atoms with van der Waals surface area (Å²) in [5.74, 6) is 3.75. The summed E-state index contributed by atoms with van der Waals surface area (Å²) in [6, 6.07) is 9.70. The van der Waals surface area contributed by atoms with Crippen molar-refractivity contribution in [2.45, 2.75) is 51.5 Å². The predicted molar refractivity (Wildman–Crippen MR) is 131 cm³/mol. The van der Waals surface area contributed by atoms with E-state index in [1.165, 1.54) is 19.3 Å². The number of nitrogens with one attached hydrogen (secondary N) is 1. The summed E-state index contributed by atoms with van der Waals surface area (Å²) in [6.45, 7) is 1.92. The Morgan fingerprint density at radius 2 is 1.71 bits per heavy atom. The molecule has 4 fully saturated rings. The van der Waals surface area contributed by atoms with Gasteiger partial charge in [0, 0.05) is 35.0 Å². The Kier molecular flexibility index (Phi) is 5.76. The highest BCUT2D eigenvalue weighted by atomic mass is 32.1. The molecule has 0 saturated heterocycles. The van der Waals surface area contributed by atoms with Gasteiger partial charge in [0.25, 0.3) is 0 Å². The molecule has 5 aliphatic rings. The quantitative estimate of drug-likeness (QED) is 0.620. The van der Waals surface area contributed by atoms with Crippen LogP contribution in [0.5, 0.6) is 11.5 Å². The number of anilines is 1. The van der Waals surface area contributed by atoms with Crippen LogP contribution in [0.15, 0.2) is 35.7 Å². The third kappa shape index (κ3) is 4.19. The fraction of sp³-hybridized carbons (Fsp3) is 0.556. The summed E-state index contributed by atoms with van der Waals surface area (Å²) in [7, 11) is 0. The number of hydrogen-bond donors (Lipinski definition) is 1. The maximum Gasteiger partial charge on any atom is 0.229 e. The zero-order chi connectivity index (χ0) is 23.1. The number of rotatable bonds is 7. The lowest BCUT2D eigenvalue weighted by Crippen LogP contribution is -2.53. The number of hydrogen-bond acceptors (Lipinski definition) is 5. The highest BCUT2D eigenvalue weighted by Gasteiger charge is 2.54. The van der Waals surface area contributed by atoms with Crippen LogP contribution in [0.4, 0.5) is 5.69 Å². The number of amides is 2. The largest absolute Gasteiger partial charge is 0.486 e. The molecule has 6 nitrogen and oxygen atoms in total. The van der Waals surface area contributed by atoms with Crippen molar-refractivity contribution in [1.29, 1.82) is 0 Å². The van der Waals surface area contributed by atoms with Gasteiger partial charge in [0.15, 0.2) is 11.5 Å². The zero-order valence-corrected chi connectivity index (χ0v) is 20.3. The smallest absolute Gasteiger partial charge is 0.229 e. The monoisotopic (exact) mass is 480 g/mol. The molecule has 7 rings (SSSR count). The van der Waals surface area contributed by atoms with Gasteiger partial charge < -0.3 is 19.7 Å². The van der Waals surface area contributed by atoms with Crippen molar-refractivity contribution in [2.75, 3.05) is 24.7 Å². The van der Waals surface area contributed by atoms with E-state index in [0.717, 1.165) is 47.6 Å². The Hall–Kier alpha value is -2.54. The van der Waals surface area contributed by atoms with Crippen molar-refractivity contribution < 1.29 is 19.1 Å². The Labute approximate surface area is 204 Å². The fourth-order valence-corrected chi connectivity index (χ4v) is 7.77. The molecule has 0 spiro atoms. The van der Waals surface area contributed by atoms with Crippen LogP contribution >= 0.6 is 11.3 Å². The summed E-state index contributed by atoms with van der Waals surface area (Å²) in [5, 5.41) is 5.18. The van der Waals surface area contributed by atoms with Gasteiger partial charge in [-0.25, -0.2) is 0 Å². The number of fused-ring (bicyclic) bond motifs is 1. The maximum absolute atomic E-state index is 13.4. The Balaban J connectivity index is 1.12. The molecule has 0 radical (unpaired) electrons. The highest BCUT2D eigenvalue weighted by molar-refractivity contribution is 7.09. The second-order valence-electron chi connectivity index (χ2n) is 10.6. The van der Waals surface area contributed by atoms with Gasteiger partial charge in [-0.05, 0) is 79.9 Å². The molecule has 4 bridgehead atoms. The van der Waals surface area contributed by atoms with E-state index in [-0.39, 0.29) is 23.7 Å². The van der Waals surface area contributed by atoms with Gasteiger partial charge in [0.05, 0.1) is 6.54 Å². The molecule has 1 aromatic heterocycles. The van der Waals surface area contributed by atoms with Crippen LogP contribution < -0.4 is 19.7 Å². The van der Waals surface area contributed by atoms with E-state index in [1.54, 1.807) is 16.2 Å². The number of benzene rings is 1. The van der Waals surface area contributed by atoms with Gasteiger partial charge in [0.2, 0.25) is 11.8 Å². The number of carbonyl (C=O) groups excluding carboxylic acids is 2. The van der Waals surface area contributed by atoms with E-state index >= 15 is 0 Å². The molecule has 0 atom stereocenters. The van der Waals surface area contributed by atoms with Crippen LogP contribution in [0.3, 0.4) is 0 Å². The van der Waals surface area contributed by atoms with E-state index in [1.807, 2.05) is 35.7 Å². The average molecular weight is 481 g/mol. The Morgan fingerprint density at radius 1 is 1.00 bits per heavy atom. The van der Waals surface area contributed by atoms with Crippen molar-refractivity contribution >= 4 is 28.8 Å². The molecule has 1 aromatic carbocycles. The summed E-state index contributed by atoms with van der Waals surface area (Å²) < 4.78 is 11.4. The molecule has 2 amide bonds. The van der Waals surface area contributed by atoms with Crippen molar-refractivity contribution in [2.24, 2.45) is 23.2 Å². The van der Waals surface area contributed by atoms with E-state index in [2.05, 4.69) is 5.32 Å². The number of carbonyl (C=O) groups is 2. The first-order valence-electron chi connectivity index (χ1n) is 12.6. The third-order valence-electron chi connectivity index (χ3n) is 8.18. The number of nitrogens with zero attached hydrogens (tertiary/aromatic N) is 1. The molecule has 1 aliphatic heterocycles. The average Bonchev–Trinajstić information content (AvgIpc) is 3.34. The van der Waals surface area contributed by atoms with E-state index in [0.29, 0.717) is 37.8 Å². The summed E-state index contributed by atoms with van der Waals surface area (Å²) in [5.41, 5.74) is 0.611. The summed E-state index contributed by atoms with van der Waals surface area (Å²) in [6.07, 6.45) is 7.36. The van der Waals surface area contributed by atoms with Gasteiger partial charge in [0.1, 0.15) is 13.2 Å². The molecule has 4 aliphatic carbocycles. The van der Waals surface area contributed by atoms with Crippen molar-refractivity contribution in [3.05, 3.63) is 40.6 Å². The lowest BCUT2D eigenvalue weighted by molar-refractivity contribution is -0.146. The van der Waals surface area contributed by atoms with Gasteiger partial charge in [-0.2, -0.15) is 0 Å². The molecule has 1 N–H and O–H groups in total. The Bertz CT molecular complexity index is 1030. The zero-order valence-electron chi connectivity index (χ0n) is 19.5. The van der Waals surface area contributed by atoms with Crippen LogP contribution in [0.25, 0.3) is 0 Å². The van der Waals surface area contributed by atoms with Crippen LogP contribution in [0.1, 0.15) is 49.8 Å². The second kappa shape index (κ2) is 8.91. The van der Waals surface area contributed by atoms with Gasteiger partial charge in [-0.15, -0.1) is 11.3 Å². The second-order valence-corrected chi connectivity index (χ2v) is 11.6. The highest BCUT2D eigenvalue weighted by Crippen LogP contribution is 2.60. The minimum absolute atomic E-state index is 0.00381. The molecule has 0 unspecified atom stereocenters. The van der Waals surface area contributed by atoms with E-state index in [4.69, 9.17) is 9.47 Å². The molecule has 180 valence electrons. The minimum Gasteiger partial charge on any atom is -0.486 e. The number of ether oxygens (including phenoxy) is 2. The molecular formula is C27H32N2O4S. The first-order valence-corrected chi connectivity index (χ1v) is 13.5. The van der Waals surface area contributed by atoms with E-state index in [9.17, 15) is 9.59 Å². The molecule has 2 aromatic rings. The first-order chi connectivity index (χ1) is 16.6. The van der Waals surface area contributed by atoms with Gasteiger partial charge in [-0.3, -0.25) is 9.59 Å². The SMILES string of the molecule is O=C(CCNC(=O)C12CC3CC(CC(C3)C1)C2)N(Cc1cccs1)c1ccc2c(c1)OCCO2. The van der Waals surface area contributed by atoms with Crippen molar-refractivity contribution in [3.63, 3.8) is 0 Å². The lowest BCUT2D eigenvalue weighted by atomic mass is 9.49. The van der Waals surface area contributed by atoms with Gasteiger partial charge >= 0.3 is 0 Å². The van der Waals surface area contributed by atoms with Crippen LogP contribution in [0, 0.1) is 23.2 Å². The summed E-state index contributed by atoms with van der Waals surface area (Å²) >= 11 is 1.63. The molecule has 7 heteroatoms. The van der Waals surface area contributed by atoms with Crippen LogP contribution in [-0.4, -0.2) is 31.6 Å². The molecule has 2 heterocycles. The Morgan fingerprint density at radius 3 is 2.38 bits per heavy atom. The normalized spacial score (nSPS) is 28.5. The molecule has 34 heavy (non-hydrogen) atoms. The molecular weight excluding hydrogens is 448 g/mol. The standard InChI is InChI=1S/C27H32N2O4S/c30-25(5-6-28-26(31)27-14-18-10-19(15-27)12-20(11-18)16-27)29(17-22-2-1-9-34-22)21-3-4-23-24(13-21)33-8-7-32-23/h1-4,9,13,18-20H,5-8,10-12,14-17H2,(H,28,31). The third-order valence-corrected chi connectivity index (χ3v) is 9.04. The number of thiophene rings is 1. The maximum atomic E-state index is 13.4. The fourth-order valence-electron chi connectivity index (χ4n) is 7.08.